The third-order valence-corrected chi connectivity index (χ3v) is 2.55. The predicted octanol–water partition coefficient (Wildman–Crippen LogP) is 1.95. The molecule has 17 heavy (non-hydrogen) atoms. The third kappa shape index (κ3) is 3.98. The van der Waals surface area contributed by atoms with Crippen molar-refractivity contribution in [2.45, 2.75) is 19.8 Å². The van der Waals surface area contributed by atoms with Crippen molar-refractivity contribution in [1.82, 2.24) is 4.90 Å². The largest absolute Gasteiger partial charge is 0.508 e. The van der Waals surface area contributed by atoms with E-state index >= 15 is 0 Å². The van der Waals surface area contributed by atoms with E-state index in [-0.39, 0.29) is 11.7 Å². The lowest BCUT2D eigenvalue weighted by Crippen LogP contribution is -2.21. The van der Waals surface area contributed by atoms with Crippen molar-refractivity contribution in [3.63, 3.8) is 0 Å². The van der Waals surface area contributed by atoms with Gasteiger partial charge in [-0.2, -0.15) is 0 Å². The fourth-order valence-electron chi connectivity index (χ4n) is 1.39. The fraction of sp³-hybridized carbons (Fsp3) is 0.462. The lowest BCUT2D eigenvalue weighted by Gasteiger charge is -2.12. The quantitative estimate of drug-likeness (QED) is 0.796. The van der Waals surface area contributed by atoms with Gasteiger partial charge in [0.25, 0.3) is 0 Å². The first-order valence-corrected chi connectivity index (χ1v) is 5.64. The van der Waals surface area contributed by atoms with Crippen LogP contribution in [-0.4, -0.2) is 36.6 Å². The molecule has 0 aliphatic carbocycles. The number of hydrogen-bond donors (Lipinski definition) is 1. The zero-order valence-electron chi connectivity index (χ0n) is 10.6. The van der Waals surface area contributed by atoms with Crippen LogP contribution in [-0.2, 0) is 4.79 Å². The predicted molar refractivity (Wildman–Crippen MR) is 66.3 cm³/mol. The third-order valence-electron chi connectivity index (χ3n) is 2.55. The van der Waals surface area contributed by atoms with Gasteiger partial charge in [-0.1, -0.05) is 6.07 Å². The van der Waals surface area contributed by atoms with Crippen molar-refractivity contribution in [3.05, 3.63) is 23.8 Å². The standard InChI is InChI=1S/C13H19NO3/c1-10-11(15)6-4-7-12(10)17-9-5-8-13(16)14(2)3/h4,6-7,15H,5,8-9H2,1-3H3. The van der Waals surface area contributed by atoms with Crippen molar-refractivity contribution in [2.24, 2.45) is 0 Å². The maximum Gasteiger partial charge on any atom is 0.222 e. The molecule has 0 aliphatic rings. The number of nitrogens with zero attached hydrogens (tertiary/aromatic N) is 1. The molecule has 0 saturated heterocycles. The Hall–Kier alpha value is -1.71. The van der Waals surface area contributed by atoms with E-state index in [1.54, 1.807) is 38.1 Å². The molecular formula is C13H19NO3. The second kappa shape index (κ2) is 6.13. The Balaban J connectivity index is 2.36. The van der Waals surface area contributed by atoms with Crippen LogP contribution in [0.5, 0.6) is 11.5 Å². The number of phenolic OH excluding ortho intramolecular Hbond substituents is 1. The van der Waals surface area contributed by atoms with Crippen LogP contribution in [0.4, 0.5) is 0 Å². The van der Waals surface area contributed by atoms with Crippen LogP contribution in [0.15, 0.2) is 18.2 Å². The van der Waals surface area contributed by atoms with Crippen molar-refractivity contribution in [1.29, 1.82) is 0 Å². The van der Waals surface area contributed by atoms with E-state index in [1.807, 2.05) is 6.07 Å². The molecule has 0 heterocycles. The minimum Gasteiger partial charge on any atom is -0.508 e. The lowest BCUT2D eigenvalue weighted by molar-refractivity contribution is -0.128. The summed E-state index contributed by atoms with van der Waals surface area (Å²) in [6.45, 7) is 2.28. The first-order chi connectivity index (χ1) is 8.02. The Bertz CT molecular complexity index is 388. The van der Waals surface area contributed by atoms with Gasteiger partial charge in [-0.25, -0.2) is 0 Å². The van der Waals surface area contributed by atoms with Gasteiger partial charge in [-0.05, 0) is 25.5 Å². The van der Waals surface area contributed by atoms with E-state index in [1.165, 1.54) is 0 Å². The highest BCUT2D eigenvalue weighted by Crippen LogP contribution is 2.25. The summed E-state index contributed by atoms with van der Waals surface area (Å²) >= 11 is 0. The van der Waals surface area contributed by atoms with Gasteiger partial charge in [0.15, 0.2) is 0 Å². The zero-order valence-corrected chi connectivity index (χ0v) is 10.6. The summed E-state index contributed by atoms with van der Waals surface area (Å²) in [7, 11) is 3.48. The summed E-state index contributed by atoms with van der Waals surface area (Å²) in [4.78, 5) is 12.9. The fourth-order valence-corrected chi connectivity index (χ4v) is 1.39. The first-order valence-electron chi connectivity index (χ1n) is 5.64. The molecular weight excluding hydrogens is 218 g/mol. The summed E-state index contributed by atoms with van der Waals surface area (Å²) in [5.41, 5.74) is 0.728. The molecule has 94 valence electrons. The topological polar surface area (TPSA) is 49.8 Å². The average molecular weight is 237 g/mol. The molecule has 0 atom stereocenters. The van der Waals surface area contributed by atoms with Gasteiger partial charge in [-0.15, -0.1) is 0 Å². The second-order valence-electron chi connectivity index (χ2n) is 4.14. The summed E-state index contributed by atoms with van der Waals surface area (Å²) in [5.74, 6) is 0.996. The van der Waals surface area contributed by atoms with Crippen LogP contribution >= 0.6 is 0 Å². The molecule has 0 radical (unpaired) electrons. The van der Waals surface area contributed by atoms with Crippen LogP contribution < -0.4 is 4.74 Å². The summed E-state index contributed by atoms with van der Waals surface area (Å²) < 4.78 is 5.52. The minimum absolute atomic E-state index is 0.0984. The number of rotatable bonds is 5. The summed E-state index contributed by atoms with van der Waals surface area (Å²) in [6, 6.07) is 5.17. The first kappa shape index (κ1) is 13.4. The molecule has 0 bridgehead atoms. The highest BCUT2D eigenvalue weighted by Gasteiger charge is 2.05. The molecule has 0 saturated carbocycles. The molecule has 1 amide bonds. The van der Waals surface area contributed by atoms with Gasteiger partial charge in [-0.3, -0.25) is 4.79 Å². The molecule has 1 N–H and O–H groups in total. The van der Waals surface area contributed by atoms with E-state index in [4.69, 9.17) is 4.74 Å². The van der Waals surface area contributed by atoms with Gasteiger partial charge in [0, 0.05) is 26.1 Å². The van der Waals surface area contributed by atoms with Crippen LogP contribution in [0.2, 0.25) is 0 Å². The maximum atomic E-state index is 11.3. The summed E-state index contributed by atoms with van der Waals surface area (Å²) in [5, 5.41) is 9.48. The Morgan fingerprint density at radius 2 is 2.12 bits per heavy atom. The monoisotopic (exact) mass is 237 g/mol. The van der Waals surface area contributed by atoms with E-state index in [0.29, 0.717) is 25.2 Å². The minimum atomic E-state index is 0.0984. The SMILES string of the molecule is Cc1c(O)cccc1OCCCC(=O)N(C)C. The summed E-state index contributed by atoms with van der Waals surface area (Å²) in [6.07, 6.45) is 1.15. The molecule has 1 rings (SSSR count). The Morgan fingerprint density at radius 3 is 2.76 bits per heavy atom. The Labute approximate surface area is 102 Å². The van der Waals surface area contributed by atoms with Crippen LogP contribution in [0.3, 0.4) is 0 Å². The number of ether oxygens (including phenoxy) is 1. The number of amides is 1. The highest BCUT2D eigenvalue weighted by molar-refractivity contribution is 5.75. The number of phenols is 1. The maximum absolute atomic E-state index is 11.3. The second-order valence-corrected chi connectivity index (χ2v) is 4.14. The smallest absolute Gasteiger partial charge is 0.222 e. The van der Waals surface area contributed by atoms with Crippen LogP contribution in [0.1, 0.15) is 18.4 Å². The Kier molecular flexibility index (Phi) is 4.82. The van der Waals surface area contributed by atoms with E-state index in [0.717, 1.165) is 5.56 Å². The van der Waals surface area contributed by atoms with Gasteiger partial charge in [0.1, 0.15) is 11.5 Å². The number of carbonyl (C=O) groups excluding carboxylic acids is 1. The van der Waals surface area contributed by atoms with Gasteiger partial charge >= 0.3 is 0 Å². The molecule has 0 spiro atoms. The number of carbonyl (C=O) groups is 1. The molecule has 0 fully saturated rings. The van der Waals surface area contributed by atoms with Gasteiger partial charge in [0.2, 0.25) is 5.91 Å². The zero-order chi connectivity index (χ0) is 12.8. The van der Waals surface area contributed by atoms with Crippen molar-refractivity contribution in [3.8, 4) is 11.5 Å². The van der Waals surface area contributed by atoms with Crippen molar-refractivity contribution < 1.29 is 14.6 Å². The highest BCUT2D eigenvalue weighted by atomic mass is 16.5. The molecule has 0 unspecified atom stereocenters. The van der Waals surface area contributed by atoms with Gasteiger partial charge in [0.05, 0.1) is 6.61 Å². The molecule has 1 aromatic carbocycles. The molecule has 4 nitrogen and oxygen atoms in total. The number of hydrogen-bond acceptors (Lipinski definition) is 3. The Morgan fingerprint density at radius 1 is 1.41 bits per heavy atom. The molecule has 0 aromatic heterocycles. The number of aromatic hydroxyl groups is 1. The van der Waals surface area contributed by atoms with Crippen LogP contribution in [0, 0.1) is 6.92 Å². The number of benzene rings is 1. The van der Waals surface area contributed by atoms with Crippen molar-refractivity contribution in [2.75, 3.05) is 20.7 Å². The van der Waals surface area contributed by atoms with Crippen LogP contribution in [0.25, 0.3) is 0 Å². The van der Waals surface area contributed by atoms with E-state index < -0.39 is 0 Å². The van der Waals surface area contributed by atoms with Gasteiger partial charge < -0.3 is 14.7 Å². The average Bonchev–Trinajstić information content (AvgIpc) is 2.29. The molecule has 1 aromatic rings. The van der Waals surface area contributed by atoms with E-state index in [9.17, 15) is 9.90 Å². The molecule has 0 aliphatic heterocycles. The van der Waals surface area contributed by atoms with Crippen molar-refractivity contribution >= 4 is 5.91 Å². The van der Waals surface area contributed by atoms with E-state index in [2.05, 4.69) is 0 Å². The lowest BCUT2D eigenvalue weighted by atomic mass is 10.2. The molecule has 4 heteroatoms. The normalized spacial score (nSPS) is 10.1.